The molecule has 2 heteroatoms. The maximum atomic E-state index is 8.62. The first-order valence-electron chi connectivity index (χ1n) is 4.16. The second kappa shape index (κ2) is 3.94. The monoisotopic (exact) mass is 143 g/mol. The Morgan fingerprint density at radius 3 is 2.60 bits per heavy atom. The van der Waals surface area contributed by atoms with E-state index >= 15 is 0 Å². The summed E-state index contributed by atoms with van der Waals surface area (Å²) >= 11 is 0. The minimum absolute atomic E-state index is 0.342. The van der Waals surface area contributed by atoms with Crippen LogP contribution in [0.5, 0.6) is 0 Å². The normalized spacial score (nSPS) is 22.2. The number of hydrogen-bond acceptors (Lipinski definition) is 2. The average Bonchev–Trinajstić information content (AvgIpc) is 1.80. The van der Waals surface area contributed by atoms with E-state index in [4.69, 9.17) is 5.11 Å². The van der Waals surface area contributed by atoms with Gasteiger partial charge < -0.3 is 10.0 Å². The third kappa shape index (κ3) is 2.27. The van der Waals surface area contributed by atoms with Gasteiger partial charge in [-0.2, -0.15) is 0 Å². The summed E-state index contributed by atoms with van der Waals surface area (Å²) in [6.07, 6.45) is 2.32. The lowest BCUT2D eigenvalue weighted by molar-refractivity contribution is 0.143. The summed E-state index contributed by atoms with van der Waals surface area (Å²) in [5.74, 6) is 0.672. The molecule has 0 spiro atoms. The summed E-state index contributed by atoms with van der Waals surface area (Å²) in [5, 5.41) is 8.62. The summed E-state index contributed by atoms with van der Waals surface area (Å²) in [6.45, 7) is 6.27. The molecular weight excluding hydrogens is 126 g/mol. The Balaban J connectivity index is 1.99. The van der Waals surface area contributed by atoms with Crippen LogP contribution in [0.4, 0.5) is 0 Å². The SMILES string of the molecule is CC(CCO)CN1CCC1. The number of hydrogen-bond donors (Lipinski definition) is 1. The maximum Gasteiger partial charge on any atom is 0.0434 e. The molecule has 0 saturated carbocycles. The van der Waals surface area contributed by atoms with Gasteiger partial charge in [-0.3, -0.25) is 0 Å². The zero-order valence-corrected chi connectivity index (χ0v) is 6.71. The van der Waals surface area contributed by atoms with Crippen molar-refractivity contribution in [1.82, 2.24) is 4.90 Å². The lowest BCUT2D eigenvalue weighted by Gasteiger charge is -2.32. The highest BCUT2D eigenvalue weighted by Gasteiger charge is 2.15. The third-order valence-electron chi connectivity index (χ3n) is 2.14. The first kappa shape index (κ1) is 8.02. The van der Waals surface area contributed by atoms with Gasteiger partial charge in [-0.15, -0.1) is 0 Å². The minimum atomic E-state index is 0.342. The van der Waals surface area contributed by atoms with Gasteiger partial charge in [0.15, 0.2) is 0 Å². The maximum absolute atomic E-state index is 8.62. The lowest BCUT2D eigenvalue weighted by Crippen LogP contribution is -2.40. The van der Waals surface area contributed by atoms with Gasteiger partial charge in [0.25, 0.3) is 0 Å². The number of likely N-dealkylation sites (tertiary alicyclic amines) is 1. The summed E-state index contributed by atoms with van der Waals surface area (Å²) in [7, 11) is 0. The molecular formula is C8H17NO. The smallest absolute Gasteiger partial charge is 0.0434 e. The van der Waals surface area contributed by atoms with Crippen LogP contribution in [0.2, 0.25) is 0 Å². The molecule has 0 aliphatic carbocycles. The fourth-order valence-electron chi connectivity index (χ4n) is 1.32. The molecule has 1 aliphatic heterocycles. The summed E-state index contributed by atoms with van der Waals surface area (Å²) in [4.78, 5) is 2.44. The molecule has 0 aromatic rings. The van der Waals surface area contributed by atoms with Crippen molar-refractivity contribution >= 4 is 0 Å². The third-order valence-corrected chi connectivity index (χ3v) is 2.14. The summed E-state index contributed by atoms with van der Waals surface area (Å²) in [5.41, 5.74) is 0. The molecule has 0 bridgehead atoms. The lowest BCUT2D eigenvalue weighted by atomic mass is 10.1. The van der Waals surface area contributed by atoms with Gasteiger partial charge in [-0.05, 0) is 31.8 Å². The van der Waals surface area contributed by atoms with Crippen molar-refractivity contribution in [1.29, 1.82) is 0 Å². The van der Waals surface area contributed by atoms with Gasteiger partial charge in [0.05, 0.1) is 0 Å². The Bertz CT molecular complexity index is 91.3. The second-order valence-electron chi connectivity index (χ2n) is 3.27. The highest BCUT2D eigenvalue weighted by molar-refractivity contribution is 4.70. The predicted octanol–water partition coefficient (Wildman–Crippen LogP) is 0.711. The van der Waals surface area contributed by atoms with Crippen molar-refractivity contribution in [3.63, 3.8) is 0 Å². The predicted molar refractivity (Wildman–Crippen MR) is 41.9 cm³/mol. The molecule has 1 aliphatic rings. The molecule has 60 valence electrons. The van der Waals surface area contributed by atoms with Crippen LogP contribution in [0.25, 0.3) is 0 Å². The van der Waals surface area contributed by atoms with Gasteiger partial charge >= 0.3 is 0 Å². The molecule has 1 heterocycles. The van der Waals surface area contributed by atoms with Crippen LogP contribution < -0.4 is 0 Å². The van der Waals surface area contributed by atoms with Crippen LogP contribution in [-0.4, -0.2) is 36.2 Å². The van der Waals surface area contributed by atoms with Crippen LogP contribution in [0, 0.1) is 5.92 Å². The van der Waals surface area contributed by atoms with Crippen molar-refractivity contribution in [3.8, 4) is 0 Å². The molecule has 1 N–H and O–H groups in total. The van der Waals surface area contributed by atoms with E-state index in [0.717, 1.165) is 6.42 Å². The first-order valence-corrected chi connectivity index (χ1v) is 4.16. The molecule has 1 atom stereocenters. The molecule has 1 saturated heterocycles. The van der Waals surface area contributed by atoms with E-state index in [0.29, 0.717) is 12.5 Å². The molecule has 10 heavy (non-hydrogen) atoms. The average molecular weight is 143 g/mol. The zero-order chi connectivity index (χ0) is 7.40. The molecule has 1 unspecified atom stereocenters. The quantitative estimate of drug-likeness (QED) is 0.626. The summed E-state index contributed by atoms with van der Waals surface area (Å²) in [6, 6.07) is 0. The van der Waals surface area contributed by atoms with Crippen molar-refractivity contribution in [2.24, 2.45) is 5.92 Å². The van der Waals surface area contributed by atoms with Crippen LogP contribution in [0.15, 0.2) is 0 Å². The molecule has 0 aromatic heterocycles. The summed E-state index contributed by atoms with van der Waals surface area (Å²) < 4.78 is 0. The van der Waals surface area contributed by atoms with Crippen LogP contribution in [0.1, 0.15) is 19.8 Å². The highest BCUT2D eigenvalue weighted by Crippen LogP contribution is 2.10. The van der Waals surface area contributed by atoms with Crippen LogP contribution >= 0.6 is 0 Å². The van der Waals surface area contributed by atoms with E-state index in [1.807, 2.05) is 0 Å². The molecule has 0 radical (unpaired) electrons. The number of aliphatic hydroxyl groups is 1. The van der Waals surface area contributed by atoms with E-state index in [-0.39, 0.29) is 0 Å². The van der Waals surface area contributed by atoms with E-state index in [1.165, 1.54) is 26.1 Å². The van der Waals surface area contributed by atoms with E-state index in [1.54, 1.807) is 0 Å². The largest absolute Gasteiger partial charge is 0.396 e. The van der Waals surface area contributed by atoms with E-state index < -0.39 is 0 Å². The second-order valence-corrected chi connectivity index (χ2v) is 3.27. The molecule has 1 fully saturated rings. The number of rotatable bonds is 4. The fraction of sp³-hybridized carbons (Fsp3) is 1.00. The van der Waals surface area contributed by atoms with Crippen molar-refractivity contribution in [2.75, 3.05) is 26.2 Å². The molecule has 0 amide bonds. The van der Waals surface area contributed by atoms with Gasteiger partial charge in [0, 0.05) is 13.2 Å². The highest BCUT2D eigenvalue weighted by atomic mass is 16.3. The molecule has 2 nitrogen and oxygen atoms in total. The Morgan fingerprint density at radius 2 is 2.20 bits per heavy atom. The van der Waals surface area contributed by atoms with E-state index in [2.05, 4.69) is 11.8 Å². The Hall–Kier alpha value is -0.0800. The van der Waals surface area contributed by atoms with Gasteiger partial charge in [-0.1, -0.05) is 6.92 Å². The van der Waals surface area contributed by atoms with Crippen LogP contribution in [-0.2, 0) is 0 Å². The molecule has 1 rings (SSSR count). The van der Waals surface area contributed by atoms with Crippen molar-refractivity contribution < 1.29 is 5.11 Å². The van der Waals surface area contributed by atoms with Crippen molar-refractivity contribution in [2.45, 2.75) is 19.8 Å². The van der Waals surface area contributed by atoms with Gasteiger partial charge in [0.2, 0.25) is 0 Å². The first-order chi connectivity index (χ1) is 4.83. The Morgan fingerprint density at radius 1 is 1.50 bits per heavy atom. The number of nitrogens with zero attached hydrogens (tertiary/aromatic N) is 1. The van der Waals surface area contributed by atoms with E-state index in [9.17, 15) is 0 Å². The fourth-order valence-corrected chi connectivity index (χ4v) is 1.32. The Labute approximate surface area is 62.8 Å². The topological polar surface area (TPSA) is 23.5 Å². The van der Waals surface area contributed by atoms with Crippen LogP contribution in [0.3, 0.4) is 0 Å². The standard InChI is InChI=1S/C8H17NO/c1-8(3-6-10)7-9-4-2-5-9/h8,10H,2-7H2,1H3. The Kier molecular flexibility index (Phi) is 3.16. The van der Waals surface area contributed by atoms with Crippen molar-refractivity contribution in [3.05, 3.63) is 0 Å². The van der Waals surface area contributed by atoms with Gasteiger partial charge in [0.1, 0.15) is 0 Å². The van der Waals surface area contributed by atoms with Gasteiger partial charge in [-0.25, -0.2) is 0 Å². The zero-order valence-electron chi connectivity index (χ0n) is 6.71. The number of aliphatic hydroxyl groups excluding tert-OH is 1. The minimum Gasteiger partial charge on any atom is -0.396 e. The molecule has 0 aromatic carbocycles.